The van der Waals surface area contributed by atoms with Gasteiger partial charge < -0.3 is 4.74 Å². The highest BCUT2D eigenvalue weighted by Gasteiger charge is 2.34. The molecule has 3 rings (SSSR count). The van der Waals surface area contributed by atoms with Crippen LogP contribution in [0.4, 0.5) is 0 Å². The molecule has 0 fully saturated rings. The molecule has 0 saturated carbocycles. The first-order valence-electron chi connectivity index (χ1n) is 11.6. The smallest absolute Gasteiger partial charge is 0.160 e. The molecule has 0 bridgehead atoms. The Labute approximate surface area is 195 Å². The van der Waals surface area contributed by atoms with Crippen LogP contribution in [-0.4, -0.2) is 5.78 Å². The molecule has 2 nitrogen and oxygen atoms in total. The van der Waals surface area contributed by atoms with Gasteiger partial charge in [0.1, 0.15) is 12.4 Å². The van der Waals surface area contributed by atoms with Gasteiger partial charge in [-0.2, -0.15) is 0 Å². The zero-order valence-electron chi connectivity index (χ0n) is 20.0. The van der Waals surface area contributed by atoms with Gasteiger partial charge in [0.15, 0.2) is 5.78 Å². The van der Waals surface area contributed by atoms with Crippen molar-refractivity contribution < 1.29 is 9.53 Å². The lowest BCUT2D eigenvalue weighted by Gasteiger charge is -2.36. The molecule has 2 unspecified atom stereocenters. The van der Waals surface area contributed by atoms with Crippen molar-refractivity contribution in [1.82, 2.24) is 0 Å². The molecule has 0 aromatic heterocycles. The molecule has 168 valence electrons. The standard InChI is InChI=1S/C29H35O2P/c1-6-17-29(7-2,32-27-16-12-11-15-25(27)23(5)30)26-19-21(3)18-22(4)28(26)31-20-24-13-9-8-10-14-24/h8-16,18-19,32H,6-7,17,20H2,1-5H3. The van der Waals surface area contributed by atoms with Gasteiger partial charge in [-0.25, -0.2) is 0 Å². The fourth-order valence-corrected chi connectivity index (χ4v) is 6.50. The Balaban J connectivity index is 2.10. The quantitative estimate of drug-likeness (QED) is 0.238. The van der Waals surface area contributed by atoms with E-state index in [9.17, 15) is 4.79 Å². The molecule has 0 aliphatic carbocycles. The van der Waals surface area contributed by atoms with Crippen molar-refractivity contribution in [2.75, 3.05) is 0 Å². The largest absolute Gasteiger partial charge is 0.488 e. The van der Waals surface area contributed by atoms with Crippen molar-refractivity contribution in [3.05, 3.63) is 94.5 Å². The summed E-state index contributed by atoms with van der Waals surface area (Å²) >= 11 is 0. The zero-order valence-corrected chi connectivity index (χ0v) is 21.0. The minimum absolute atomic E-state index is 0.0664. The molecule has 2 atom stereocenters. The molecule has 3 heteroatoms. The summed E-state index contributed by atoms with van der Waals surface area (Å²) in [5, 5.41) is 1.09. The van der Waals surface area contributed by atoms with Crippen LogP contribution >= 0.6 is 8.58 Å². The van der Waals surface area contributed by atoms with E-state index >= 15 is 0 Å². The minimum Gasteiger partial charge on any atom is -0.488 e. The van der Waals surface area contributed by atoms with E-state index in [0.717, 1.165) is 35.9 Å². The molecule has 0 aliphatic heterocycles. The number of ether oxygens (including phenoxy) is 1. The summed E-state index contributed by atoms with van der Waals surface area (Å²) in [6.07, 6.45) is 3.13. The van der Waals surface area contributed by atoms with Gasteiger partial charge in [-0.15, -0.1) is 0 Å². The first kappa shape index (κ1) is 24.2. The number of hydrogen-bond acceptors (Lipinski definition) is 2. The number of aryl methyl sites for hydroxylation is 2. The molecule has 0 amide bonds. The van der Waals surface area contributed by atoms with Crippen LogP contribution in [0.5, 0.6) is 5.75 Å². The third-order valence-corrected chi connectivity index (χ3v) is 8.18. The average Bonchev–Trinajstić information content (AvgIpc) is 2.78. The van der Waals surface area contributed by atoms with Crippen LogP contribution in [0.2, 0.25) is 0 Å². The third-order valence-electron chi connectivity index (χ3n) is 6.12. The highest BCUT2D eigenvalue weighted by atomic mass is 31.1. The van der Waals surface area contributed by atoms with E-state index in [0.29, 0.717) is 15.2 Å². The van der Waals surface area contributed by atoms with Crippen LogP contribution in [0.3, 0.4) is 0 Å². The Morgan fingerprint density at radius 3 is 2.31 bits per heavy atom. The number of carbonyl (C=O) groups is 1. The van der Waals surface area contributed by atoms with Gasteiger partial charge in [0.2, 0.25) is 0 Å². The summed E-state index contributed by atoms with van der Waals surface area (Å²) < 4.78 is 6.52. The molecule has 32 heavy (non-hydrogen) atoms. The minimum atomic E-state index is -0.0664. The monoisotopic (exact) mass is 446 g/mol. The summed E-state index contributed by atoms with van der Waals surface area (Å²) in [7, 11) is 0.501. The molecule has 0 heterocycles. The van der Waals surface area contributed by atoms with Gasteiger partial charge >= 0.3 is 0 Å². The molecule has 3 aromatic rings. The fourth-order valence-electron chi connectivity index (χ4n) is 4.53. The molecule has 0 radical (unpaired) electrons. The number of carbonyl (C=O) groups excluding carboxylic acids is 1. The van der Waals surface area contributed by atoms with Crippen molar-refractivity contribution in [3.8, 4) is 5.75 Å². The first-order valence-corrected chi connectivity index (χ1v) is 12.6. The summed E-state index contributed by atoms with van der Waals surface area (Å²) in [6.45, 7) is 11.1. The molecule has 0 spiro atoms. The van der Waals surface area contributed by atoms with E-state index in [-0.39, 0.29) is 10.9 Å². The van der Waals surface area contributed by atoms with E-state index < -0.39 is 0 Å². The van der Waals surface area contributed by atoms with E-state index in [1.807, 2.05) is 18.2 Å². The molecular formula is C29H35O2P. The number of hydrogen-bond donors (Lipinski definition) is 0. The van der Waals surface area contributed by atoms with Crippen molar-refractivity contribution in [2.45, 2.75) is 65.6 Å². The predicted octanol–water partition coefficient (Wildman–Crippen LogP) is 7.49. The second-order valence-electron chi connectivity index (χ2n) is 8.65. The van der Waals surface area contributed by atoms with Crippen LogP contribution < -0.4 is 10.0 Å². The Bertz CT molecular complexity index is 1060. The van der Waals surface area contributed by atoms with Gasteiger partial charge in [0.25, 0.3) is 0 Å². The van der Waals surface area contributed by atoms with Crippen LogP contribution in [0.15, 0.2) is 66.7 Å². The Hall–Kier alpha value is -2.44. The fraction of sp³-hybridized carbons (Fsp3) is 0.345. The Morgan fingerprint density at radius 2 is 1.66 bits per heavy atom. The highest BCUT2D eigenvalue weighted by molar-refractivity contribution is 7.48. The second kappa shape index (κ2) is 10.9. The predicted molar refractivity (Wildman–Crippen MR) is 138 cm³/mol. The Morgan fingerprint density at radius 1 is 0.969 bits per heavy atom. The van der Waals surface area contributed by atoms with Gasteiger partial charge in [0, 0.05) is 16.3 Å². The van der Waals surface area contributed by atoms with E-state index in [1.165, 1.54) is 22.3 Å². The van der Waals surface area contributed by atoms with Crippen LogP contribution in [0, 0.1) is 13.8 Å². The number of ketones is 1. The highest BCUT2D eigenvalue weighted by Crippen LogP contribution is 2.52. The van der Waals surface area contributed by atoms with Gasteiger partial charge in [-0.1, -0.05) is 101 Å². The maximum atomic E-state index is 12.3. The summed E-state index contributed by atoms with van der Waals surface area (Å²) in [5.41, 5.74) is 5.72. The van der Waals surface area contributed by atoms with Gasteiger partial charge in [-0.3, -0.25) is 4.79 Å². The molecule has 0 N–H and O–H groups in total. The van der Waals surface area contributed by atoms with E-state index in [4.69, 9.17) is 4.74 Å². The lowest BCUT2D eigenvalue weighted by molar-refractivity contribution is 0.101. The van der Waals surface area contributed by atoms with Crippen molar-refractivity contribution >= 4 is 19.7 Å². The summed E-state index contributed by atoms with van der Waals surface area (Å²) in [6, 6.07) is 23.0. The normalized spacial score (nSPS) is 13.3. The molecule has 3 aromatic carbocycles. The molecule has 0 saturated heterocycles. The third kappa shape index (κ3) is 5.48. The SMILES string of the molecule is CCCC(CC)(Pc1ccccc1C(C)=O)c1cc(C)cc(C)c1OCc1ccccc1. The van der Waals surface area contributed by atoms with Crippen molar-refractivity contribution in [2.24, 2.45) is 0 Å². The van der Waals surface area contributed by atoms with Gasteiger partial charge in [0.05, 0.1) is 0 Å². The topological polar surface area (TPSA) is 26.3 Å². The second-order valence-corrected chi connectivity index (χ2v) is 10.4. The first-order chi connectivity index (χ1) is 15.4. The van der Waals surface area contributed by atoms with E-state index in [2.05, 4.69) is 76.2 Å². The lowest BCUT2D eigenvalue weighted by atomic mass is 9.87. The lowest BCUT2D eigenvalue weighted by Crippen LogP contribution is -2.25. The van der Waals surface area contributed by atoms with Crippen LogP contribution in [0.1, 0.15) is 72.6 Å². The summed E-state index contributed by atoms with van der Waals surface area (Å²) in [5.74, 6) is 1.14. The number of Topliss-reactive ketones (excluding diaryl/α,β-unsaturated/α-hetero) is 1. The van der Waals surface area contributed by atoms with Crippen LogP contribution in [-0.2, 0) is 11.8 Å². The zero-order chi connectivity index (χ0) is 23.1. The van der Waals surface area contributed by atoms with Gasteiger partial charge in [-0.05, 0) is 50.0 Å². The average molecular weight is 447 g/mol. The number of benzene rings is 3. The maximum absolute atomic E-state index is 12.3. The van der Waals surface area contributed by atoms with Crippen LogP contribution in [0.25, 0.3) is 0 Å². The van der Waals surface area contributed by atoms with Crippen molar-refractivity contribution in [3.63, 3.8) is 0 Å². The summed E-state index contributed by atoms with van der Waals surface area (Å²) in [4.78, 5) is 12.3. The molecular weight excluding hydrogens is 411 g/mol. The number of rotatable bonds is 10. The van der Waals surface area contributed by atoms with Crippen molar-refractivity contribution in [1.29, 1.82) is 0 Å². The van der Waals surface area contributed by atoms with E-state index in [1.54, 1.807) is 6.92 Å². The molecule has 0 aliphatic rings. The maximum Gasteiger partial charge on any atom is 0.160 e. The Kier molecular flexibility index (Phi) is 8.26.